The SMILES string of the molecule is CC(=O)c1ccc(NS(=O)(=O)c2ccccn2)c(Cl)c1. The number of benzene rings is 1. The van der Waals surface area contributed by atoms with Crippen LogP contribution < -0.4 is 4.72 Å². The van der Waals surface area contributed by atoms with Gasteiger partial charge >= 0.3 is 0 Å². The Kier molecular flexibility index (Phi) is 4.06. The summed E-state index contributed by atoms with van der Waals surface area (Å²) in [5.41, 5.74) is 0.609. The van der Waals surface area contributed by atoms with Crippen LogP contribution in [0.25, 0.3) is 0 Å². The number of nitrogens with zero attached hydrogens (tertiary/aromatic N) is 1. The van der Waals surface area contributed by atoms with Crippen molar-refractivity contribution in [1.82, 2.24) is 4.98 Å². The second-order valence-corrected chi connectivity index (χ2v) is 6.06. The van der Waals surface area contributed by atoms with E-state index in [2.05, 4.69) is 9.71 Å². The Balaban J connectivity index is 2.33. The lowest BCUT2D eigenvalue weighted by molar-refractivity contribution is 0.101. The number of halogens is 1. The van der Waals surface area contributed by atoms with Crippen LogP contribution in [0.3, 0.4) is 0 Å². The van der Waals surface area contributed by atoms with E-state index in [1.807, 2.05) is 0 Å². The van der Waals surface area contributed by atoms with Crippen LogP contribution >= 0.6 is 11.6 Å². The van der Waals surface area contributed by atoms with Gasteiger partial charge in [-0.25, -0.2) is 4.98 Å². The van der Waals surface area contributed by atoms with Crippen molar-refractivity contribution in [3.05, 3.63) is 53.2 Å². The summed E-state index contributed by atoms with van der Waals surface area (Å²) in [7, 11) is -3.80. The average molecular weight is 311 g/mol. The van der Waals surface area contributed by atoms with Crippen molar-refractivity contribution in [2.75, 3.05) is 4.72 Å². The third kappa shape index (κ3) is 3.15. The molecule has 1 aromatic carbocycles. The first-order valence-corrected chi connectivity index (χ1v) is 7.50. The fourth-order valence-corrected chi connectivity index (χ4v) is 2.83. The van der Waals surface area contributed by atoms with Crippen LogP contribution in [-0.2, 0) is 10.0 Å². The Hall–Kier alpha value is -1.92. The summed E-state index contributed by atoms with van der Waals surface area (Å²) in [4.78, 5) is 15.0. The average Bonchev–Trinajstić information content (AvgIpc) is 2.41. The molecule has 0 aliphatic carbocycles. The first-order chi connectivity index (χ1) is 9.40. The molecule has 2 aromatic rings. The zero-order valence-corrected chi connectivity index (χ0v) is 12.1. The van der Waals surface area contributed by atoms with Gasteiger partial charge in [-0.15, -0.1) is 0 Å². The molecule has 7 heteroatoms. The second-order valence-electron chi connectivity index (χ2n) is 4.02. The van der Waals surface area contributed by atoms with Gasteiger partial charge in [0.1, 0.15) is 0 Å². The molecule has 0 aliphatic heterocycles. The molecule has 0 aliphatic rings. The summed E-state index contributed by atoms with van der Waals surface area (Å²) in [5.74, 6) is -0.147. The number of ketones is 1. The van der Waals surface area contributed by atoms with Crippen molar-refractivity contribution >= 4 is 33.1 Å². The summed E-state index contributed by atoms with van der Waals surface area (Å²) in [6.45, 7) is 1.41. The maximum Gasteiger partial charge on any atom is 0.279 e. The predicted octanol–water partition coefficient (Wildman–Crippen LogP) is 2.74. The largest absolute Gasteiger partial charge is 0.295 e. The first kappa shape index (κ1) is 14.5. The van der Waals surface area contributed by atoms with Crippen molar-refractivity contribution in [3.63, 3.8) is 0 Å². The maximum atomic E-state index is 12.1. The predicted molar refractivity (Wildman–Crippen MR) is 76.5 cm³/mol. The number of Topliss-reactive ketones (excluding diaryl/α,β-unsaturated/α-hetero) is 1. The van der Waals surface area contributed by atoms with Gasteiger partial charge in [-0.1, -0.05) is 17.7 Å². The molecular formula is C13H11ClN2O3S. The number of anilines is 1. The van der Waals surface area contributed by atoms with Crippen molar-refractivity contribution in [3.8, 4) is 0 Å². The van der Waals surface area contributed by atoms with Crippen molar-refractivity contribution in [1.29, 1.82) is 0 Å². The Morgan fingerprint density at radius 1 is 1.25 bits per heavy atom. The van der Waals surface area contributed by atoms with Gasteiger partial charge in [0.2, 0.25) is 0 Å². The summed E-state index contributed by atoms with van der Waals surface area (Å²) in [5, 5.41) is 0.0453. The van der Waals surface area contributed by atoms with E-state index in [0.717, 1.165) is 0 Å². The minimum Gasteiger partial charge on any atom is -0.295 e. The minimum absolute atomic E-state index is 0.105. The van der Waals surface area contributed by atoms with Gasteiger partial charge in [-0.2, -0.15) is 8.42 Å². The number of carbonyl (C=O) groups is 1. The van der Waals surface area contributed by atoms with Crippen LogP contribution in [0.15, 0.2) is 47.6 Å². The van der Waals surface area contributed by atoms with Gasteiger partial charge < -0.3 is 0 Å². The van der Waals surface area contributed by atoms with E-state index >= 15 is 0 Å². The van der Waals surface area contributed by atoms with Crippen LogP contribution in [0.1, 0.15) is 17.3 Å². The molecule has 0 saturated heterocycles. The van der Waals surface area contributed by atoms with Crippen molar-refractivity contribution in [2.24, 2.45) is 0 Å². The number of aromatic nitrogens is 1. The van der Waals surface area contributed by atoms with Gasteiger partial charge in [0, 0.05) is 11.8 Å². The Labute approximate surface area is 121 Å². The monoisotopic (exact) mass is 310 g/mol. The molecule has 5 nitrogen and oxygen atoms in total. The van der Waals surface area contributed by atoms with Crippen molar-refractivity contribution < 1.29 is 13.2 Å². The van der Waals surface area contributed by atoms with Crippen LogP contribution in [0.2, 0.25) is 5.02 Å². The molecule has 1 aromatic heterocycles. The highest BCUT2D eigenvalue weighted by molar-refractivity contribution is 7.92. The van der Waals surface area contributed by atoms with E-state index in [-0.39, 0.29) is 21.5 Å². The lowest BCUT2D eigenvalue weighted by atomic mass is 10.1. The van der Waals surface area contributed by atoms with Gasteiger partial charge in [0.05, 0.1) is 10.7 Å². The molecule has 0 spiro atoms. The van der Waals surface area contributed by atoms with Crippen LogP contribution in [0, 0.1) is 0 Å². The first-order valence-electron chi connectivity index (χ1n) is 5.64. The van der Waals surface area contributed by atoms with E-state index < -0.39 is 10.0 Å². The molecule has 2 rings (SSSR count). The van der Waals surface area contributed by atoms with Crippen LogP contribution in [0.5, 0.6) is 0 Å². The van der Waals surface area contributed by atoms with Crippen LogP contribution in [-0.4, -0.2) is 19.2 Å². The molecule has 20 heavy (non-hydrogen) atoms. The molecule has 1 N–H and O–H groups in total. The number of nitrogens with one attached hydrogen (secondary N) is 1. The van der Waals surface area contributed by atoms with E-state index in [0.29, 0.717) is 5.56 Å². The van der Waals surface area contributed by atoms with E-state index in [1.54, 1.807) is 12.1 Å². The highest BCUT2D eigenvalue weighted by atomic mass is 35.5. The highest BCUT2D eigenvalue weighted by Crippen LogP contribution is 2.25. The van der Waals surface area contributed by atoms with E-state index in [4.69, 9.17) is 11.6 Å². The van der Waals surface area contributed by atoms with Gasteiger partial charge in [0.15, 0.2) is 10.8 Å². The molecule has 0 radical (unpaired) electrons. The summed E-state index contributed by atoms with van der Waals surface area (Å²) in [6.07, 6.45) is 1.38. The quantitative estimate of drug-likeness (QED) is 0.881. The fraction of sp³-hybridized carbons (Fsp3) is 0.0769. The summed E-state index contributed by atoms with van der Waals surface area (Å²) < 4.78 is 26.5. The zero-order chi connectivity index (χ0) is 14.8. The summed E-state index contributed by atoms with van der Waals surface area (Å²) in [6, 6.07) is 8.93. The Morgan fingerprint density at radius 2 is 2.00 bits per heavy atom. The Bertz CT molecular complexity index is 745. The lowest BCUT2D eigenvalue weighted by Gasteiger charge is -2.09. The number of pyridine rings is 1. The van der Waals surface area contributed by atoms with Gasteiger partial charge in [-0.3, -0.25) is 9.52 Å². The standard InChI is InChI=1S/C13H11ClN2O3S/c1-9(17)10-5-6-12(11(14)8-10)16-20(18,19)13-4-2-3-7-15-13/h2-8,16H,1H3. The smallest absolute Gasteiger partial charge is 0.279 e. The zero-order valence-electron chi connectivity index (χ0n) is 10.5. The molecule has 0 atom stereocenters. The number of carbonyl (C=O) groups excluding carboxylic acids is 1. The van der Waals surface area contributed by atoms with E-state index in [9.17, 15) is 13.2 Å². The number of sulfonamides is 1. The fourth-order valence-electron chi connectivity index (χ4n) is 1.52. The van der Waals surface area contributed by atoms with E-state index in [1.165, 1.54) is 37.4 Å². The minimum atomic E-state index is -3.80. The number of hydrogen-bond donors (Lipinski definition) is 1. The molecule has 0 saturated carbocycles. The summed E-state index contributed by atoms with van der Waals surface area (Å²) >= 11 is 5.97. The highest BCUT2D eigenvalue weighted by Gasteiger charge is 2.17. The third-order valence-corrected chi connectivity index (χ3v) is 4.13. The van der Waals surface area contributed by atoms with Crippen molar-refractivity contribution in [2.45, 2.75) is 11.9 Å². The molecule has 1 heterocycles. The molecule has 104 valence electrons. The maximum absolute atomic E-state index is 12.1. The Morgan fingerprint density at radius 3 is 2.55 bits per heavy atom. The van der Waals surface area contributed by atoms with Gasteiger partial charge in [0.25, 0.3) is 10.0 Å². The molecular weight excluding hydrogens is 300 g/mol. The molecule has 0 amide bonds. The molecule has 0 fully saturated rings. The molecule has 0 unspecified atom stereocenters. The van der Waals surface area contributed by atoms with Gasteiger partial charge in [-0.05, 0) is 37.3 Å². The lowest BCUT2D eigenvalue weighted by Crippen LogP contribution is -2.14. The second kappa shape index (κ2) is 5.60. The molecule has 0 bridgehead atoms. The topological polar surface area (TPSA) is 76.1 Å². The van der Waals surface area contributed by atoms with Crippen LogP contribution in [0.4, 0.5) is 5.69 Å². The normalized spacial score (nSPS) is 11.1. The number of hydrogen-bond acceptors (Lipinski definition) is 4. The number of rotatable bonds is 4. The third-order valence-electron chi connectivity index (χ3n) is 2.53.